The summed E-state index contributed by atoms with van der Waals surface area (Å²) in [5.41, 5.74) is 1.20. The van der Waals surface area contributed by atoms with Crippen molar-refractivity contribution in [3.8, 4) is 0 Å². The van der Waals surface area contributed by atoms with Gasteiger partial charge in [-0.3, -0.25) is 4.99 Å². The van der Waals surface area contributed by atoms with Crippen LogP contribution in [0.5, 0.6) is 0 Å². The van der Waals surface area contributed by atoms with Crippen molar-refractivity contribution < 1.29 is 4.39 Å². The van der Waals surface area contributed by atoms with Crippen LogP contribution in [0.3, 0.4) is 0 Å². The van der Waals surface area contributed by atoms with Gasteiger partial charge in [-0.15, -0.1) is 24.0 Å². The maximum absolute atomic E-state index is 13.4. The van der Waals surface area contributed by atoms with Crippen LogP contribution in [0.4, 0.5) is 4.39 Å². The van der Waals surface area contributed by atoms with E-state index in [1.807, 2.05) is 13.1 Å². The summed E-state index contributed by atoms with van der Waals surface area (Å²) in [6.07, 6.45) is 7.31. The molecule has 0 unspecified atom stereocenters. The molecule has 0 saturated heterocycles. The molecular formula is C17H25FIN3. The van der Waals surface area contributed by atoms with E-state index in [1.165, 1.54) is 31.7 Å². The average Bonchev–Trinajstić information content (AvgIpc) is 3.12. The molecule has 0 spiro atoms. The molecule has 0 aromatic heterocycles. The number of nitrogens with one attached hydrogen (secondary N) is 2. The lowest BCUT2D eigenvalue weighted by Crippen LogP contribution is -2.44. The van der Waals surface area contributed by atoms with Crippen molar-refractivity contribution in [2.45, 2.75) is 50.0 Å². The number of rotatable bonds is 4. The fourth-order valence-corrected chi connectivity index (χ4v) is 3.25. The van der Waals surface area contributed by atoms with Gasteiger partial charge < -0.3 is 10.6 Å². The van der Waals surface area contributed by atoms with Crippen LogP contribution in [0.2, 0.25) is 0 Å². The summed E-state index contributed by atoms with van der Waals surface area (Å²) in [5.74, 6) is 0.733. The van der Waals surface area contributed by atoms with E-state index in [4.69, 9.17) is 0 Å². The molecule has 2 saturated carbocycles. The zero-order valence-corrected chi connectivity index (χ0v) is 15.4. The summed E-state index contributed by atoms with van der Waals surface area (Å²) in [6.45, 7) is 0.822. The van der Waals surface area contributed by atoms with Crippen LogP contribution >= 0.6 is 24.0 Å². The van der Waals surface area contributed by atoms with E-state index in [0.717, 1.165) is 30.9 Å². The average molecular weight is 417 g/mol. The minimum Gasteiger partial charge on any atom is -0.356 e. The molecule has 0 bridgehead atoms. The Kier molecular flexibility index (Phi) is 6.06. The number of hydrogen-bond acceptors (Lipinski definition) is 1. The Labute approximate surface area is 149 Å². The summed E-state index contributed by atoms with van der Waals surface area (Å²) in [7, 11) is 1.81. The van der Waals surface area contributed by atoms with Crippen molar-refractivity contribution in [2.75, 3.05) is 13.6 Å². The maximum Gasteiger partial charge on any atom is 0.191 e. The number of benzene rings is 1. The van der Waals surface area contributed by atoms with Gasteiger partial charge in [0.25, 0.3) is 0 Å². The quantitative estimate of drug-likeness (QED) is 0.447. The first-order valence-corrected chi connectivity index (χ1v) is 7.95. The highest BCUT2D eigenvalue weighted by molar-refractivity contribution is 14.0. The van der Waals surface area contributed by atoms with Gasteiger partial charge in [0.05, 0.1) is 0 Å². The molecule has 2 aliphatic rings. The van der Waals surface area contributed by atoms with Crippen molar-refractivity contribution in [3.63, 3.8) is 0 Å². The third-order valence-corrected chi connectivity index (χ3v) is 4.80. The number of aliphatic imine (C=N–C) groups is 1. The van der Waals surface area contributed by atoms with E-state index >= 15 is 0 Å². The molecule has 3 rings (SSSR count). The third kappa shape index (κ3) is 4.12. The van der Waals surface area contributed by atoms with Crippen LogP contribution in [0.1, 0.15) is 44.1 Å². The topological polar surface area (TPSA) is 36.4 Å². The minimum atomic E-state index is -0.146. The van der Waals surface area contributed by atoms with Crippen LogP contribution in [-0.2, 0) is 5.41 Å². The first kappa shape index (κ1) is 17.5. The van der Waals surface area contributed by atoms with Gasteiger partial charge in [-0.25, -0.2) is 4.39 Å². The van der Waals surface area contributed by atoms with Gasteiger partial charge in [0.15, 0.2) is 5.96 Å². The summed E-state index contributed by atoms with van der Waals surface area (Å²) < 4.78 is 13.4. The van der Waals surface area contributed by atoms with Crippen LogP contribution < -0.4 is 10.6 Å². The lowest BCUT2D eigenvalue weighted by Gasteiger charge is -2.21. The highest BCUT2D eigenvalue weighted by Gasteiger charge is 2.44. The van der Waals surface area contributed by atoms with Gasteiger partial charge >= 0.3 is 0 Å². The van der Waals surface area contributed by atoms with E-state index in [9.17, 15) is 4.39 Å². The van der Waals surface area contributed by atoms with Gasteiger partial charge in [0.2, 0.25) is 0 Å². The second-order valence-electron chi connectivity index (χ2n) is 6.34. The van der Waals surface area contributed by atoms with Gasteiger partial charge in [-0.2, -0.15) is 0 Å². The number of halogens is 2. The number of guanidine groups is 1. The predicted molar refractivity (Wildman–Crippen MR) is 99.5 cm³/mol. The van der Waals surface area contributed by atoms with Crippen molar-refractivity contribution in [3.05, 3.63) is 35.6 Å². The fraction of sp³-hybridized carbons (Fsp3) is 0.588. The highest BCUT2D eigenvalue weighted by atomic mass is 127. The van der Waals surface area contributed by atoms with Gasteiger partial charge in [0.1, 0.15) is 5.82 Å². The Balaban J connectivity index is 0.00000176. The van der Waals surface area contributed by atoms with Crippen molar-refractivity contribution in [1.82, 2.24) is 10.6 Å². The molecule has 2 N–H and O–H groups in total. The first-order valence-electron chi connectivity index (χ1n) is 7.95. The summed E-state index contributed by atoms with van der Waals surface area (Å²) in [4.78, 5) is 4.31. The molecule has 2 fully saturated rings. The summed E-state index contributed by atoms with van der Waals surface area (Å²) in [5, 5.41) is 6.93. The lowest BCUT2D eigenvalue weighted by atomic mass is 9.96. The Hall–Kier alpha value is -0.850. The largest absolute Gasteiger partial charge is 0.356 e. The van der Waals surface area contributed by atoms with Crippen LogP contribution in [0.15, 0.2) is 29.3 Å². The van der Waals surface area contributed by atoms with Crippen LogP contribution in [0, 0.1) is 5.82 Å². The Morgan fingerprint density at radius 2 is 2.05 bits per heavy atom. The van der Waals surface area contributed by atoms with E-state index in [1.54, 1.807) is 12.1 Å². The SMILES string of the molecule is CN=C(NCC1(c2cccc(F)c2)CC1)NC1CCCC1.I. The third-order valence-electron chi connectivity index (χ3n) is 4.80. The lowest BCUT2D eigenvalue weighted by molar-refractivity contribution is 0.587. The normalized spacial score (nSPS) is 20.4. The molecule has 0 heterocycles. The molecule has 3 nitrogen and oxygen atoms in total. The molecule has 5 heteroatoms. The molecule has 2 aliphatic carbocycles. The van der Waals surface area contributed by atoms with Crippen molar-refractivity contribution in [1.29, 1.82) is 0 Å². The van der Waals surface area contributed by atoms with Crippen molar-refractivity contribution >= 4 is 29.9 Å². The Morgan fingerprint density at radius 1 is 1.32 bits per heavy atom. The molecule has 22 heavy (non-hydrogen) atoms. The fourth-order valence-electron chi connectivity index (χ4n) is 3.25. The van der Waals surface area contributed by atoms with Crippen LogP contribution in [0.25, 0.3) is 0 Å². The second-order valence-corrected chi connectivity index (χ2v) is 6.34. The van der Waals surface area contributed by atoms with Crippen molar-refractivity contribution in [2.24, 2.45) is 4.99 Å². The van der Waals surface area contributed by atoms with E-state index in [2.05, 4.69) is 15.6 Å². The summed E-state index contributed by atoms with van der Waals surface area (Å²) >= 11 is 0. The molecule has 0 aliphatic heterocycles. The van der Waals surface area contributed by atoms with Gasteiger partial charge in [0, 0.05) is 25.0 Å². The summed E-state index contributed by atoms with van der Waals surface area (Å²) in [6, 6.07) is 7.57. The van der Waals surface area contributed by atoms with E-state index in [-0.39, 0.29) is 35.2 Å². The molecule has 0 amide bonds. The number of hydrogen-bond donors (Lipinski definition) is 2. The molecule has 0 radical (unpaired) electrons. The zero-order chi connectivity index (χ0) is 14.7. The van der Waals surface area contributed by atoms with E-state index in [0.29, 0.717) is 6.04 Å². The minimum absolute atomic E-state index is 0. The van der Waals surface area contributed by atoms with Crippen LogP contribution in [-0.4, -0.2) is 25.6 Å². The van der Waals surface area contributed by atoms with Gasteiger partial charge in [-0.05, 0) is 43.4 Å². The Morgan fingerprint density at radius 3 is 2.64 bits per heavy atom. The predicted octanol–water partition coefficient (Wildman–Crippen LogP) is 3.58. The maximum atomic E-state index is 13.4. The molecule has 1 aromatic rings. The first-order chi connectivity index (χ1) is 10.2. The highest BCUT2D eigenvalue weighted by Crippen LogP contribution is 2.47. The monoisotopic (exact) mass is 417 g/mol. The van der Waals surface area contributed by atoms with Gasteiger partial charge in [-0.1, -0.05) is 25.0 Å². The van der Waals surface area contributed by atoms with E-state index < -0.39 is 0 Å². The second kappa shape index (κ2) is 7.62. The molecule has 0 atom stereocenters. The Bertz CT molecular complexity index is 522. The molecule has 122 valence electrons. The smallest absolute Gasteiger partial charge is 0.191 e. The molecular weight excluding hydrogens is 392 g/mol. The zero-order valence-electron chi connectivity index (χ0n) is 13.1. The number of nitrogens with zero attached hydrogens (tertiary/aromatic N) is 1. The molecule has 1 aromatic carbocycles. The standard InChI is InChI=1S/C17H24FN3.HI/c1-19-16(21-15-7-2-3-8-15)20-12-17(9-10-17)13-5-4-6-14(18)11-13;/h4-6,11,15H,2-3,7-10,12H2,1H3,(H2,19,20,21);1H.